The Balaban J connectivity index is 1.16. The van der Waals surface area contributed by atoms with Gasteiger partial charge in [0.25, 0.3) is 11.8 Å². The zero-order valence-electron chi connectivity index (χ0n) is 25.4. The van der Waals surface area contributed by atoms with E-state index in [1.54, 1.807) is 7.11 Å². The van der Waals surface area contributed by atoms with E-state index in [2.05, 4.69) is 26.6 Å². The van der Waals surface area contributed by atoms with Crippen molar-refractivity contribution >= 4 is 33.9 Å². The minimum Gasteiger partial charge on any atom is -0.494 e. The molecule has 2 saturated carbocycles. The molecule has 2 aromatic carbocycles. The van der Waals surface area contributed by atoms with Crippen LogP contribution in [-0.2, 0) is 20.1 Å². The third kappa shape index (κ3) is 3.97. The molecule has 0 spiro atoms. The van der Waals surface area contributed by atoms with Gasteiger partial charge < -0.3 is 29.8 Å². The minimum absolute atomic E-state index is 0.00562. The highest BCUT2D eigenvalue weighted by Gasteiger charge is 2.47. The molecular weight excluding hydrogens is 566 g/mol. The van der Waals surface area contributed by atoms with Gasteiger partial charge >= 0.3 is 0 Å². The van der Waals surface area contributed by atoms with Gasteiger partial charge in [-0.3, -0.25) is 9.59 Å². The molecule has 5 heterocycles. The van der Waals surface area contributed by atoms with Gasteiger partial charge in [-0.2, -0.15) is 0 Å². The van der Waals surface area contributed by atoms with Crippen molar-refractivity contribution in [3.8, 4) is 28.5 Å². The van der Waals surface area contributed by atoms with Gasteiger partial charge in [0.05, 0.1) is 24.0 Å². The number of aromatic nitrogens is 4. The number of hydrogen-bond donors (Lipinski definition) is 2. The molecule has 3 N–H and O–H groups in total. The first-order valence-corrected chi connectivity index (χ1v) is 15.9. The van der Waals surface area contributed by atoms with E-state index in [1.807, 2.05) is 48.3 Å². The zero-order valence-corrected chi connectivity index (χ0v) is 25.4. The van der Waals surface area contributed by atoms with Crippen LogP contribution in [-0.4, -0.2) is 61.6 Å². The molecule has 2 bridgehead atoms. The van der Waals surface area contributed by atoms with Crippen LogP contribution in [0.3, 0.4) is 0 Å². The zero-order chi connectivity index (χ0) is 30.6. The SMILES string of the molecule is COc1cc(C(=O)N2CC3CCC2C3N)cc2nc(-c3cc4ccc(-c5cccc6c5CNC6=O)nc4n3CC3CC3)n(C)c12. The molecular formula is C35H35N7O3. The van der Waals surface area contributed by atoms with E-state index >= 15 is 0 Å². The molecule has 2 aliphatic carbocycles. The average Bonchev–Trinajstić information content (AvgIpc) is 3.27. The first-order chi connectivity index (χ1) is 21.9. The second-order valence-electron chi connectivity index (χ2n) is 13.2. The number of methoxy groups -OCH3 is 1. The summed E-state index contributed by atoms with van der Waals surface area (Å²) in [7, 11) is 3.64. The number of hydrogen-bond acceptors (Lipinski definition) is 6. The summed E-state index contributed by atoms with van der Waals surface area (Å²) in [5.74, 6) is 2.36. The van der Waals surface area contributed by atoms with Crippen molar-refractivity contribution in [3.05, 3.63) is 65.2 Å². The predicted octanol–water partition coefficient (Wildman–Crippen LogP) is 4.48. The summed E-state index contributed by atoms with van der Waals surface area (Å²) in [6.45, 7) is 2.08. The molecule has 4 aliphatic rings. The number of pyridine rings is 1. The Morgan fingerprint density at radius 2 is 1.91 bits per heavy atom. The Labute approximate surface area is 260 Å². The quantitative estimate of drug-likeness (QED) is 0.296. The van der Waals surface area contributed by atoms with Crippen LogP contribution in [0.4, 0.5) is 0 Å². The van der Waals surface area contributed by atoms with E-state index in [1.165, 1.54) is 12.8 Å². The van der Waals surface area contributed by atoms with E-state index in [4.69, 9.17) is 20.4 Å². The van der Waals surface area contributed by atoms with Gasteiger partial charge in [0.2, 0.25) is 0 Å². The molecule has 1 saturated heterocycles. The van der Waals surface area contributed by atoms with Gasteiger partial charge in [0, 0.05) is 60.8 Å². The van der Waals surface area contributed by atoms with Crippen molar-refractivity contribution in [2.45, 2.75) is 50.9 Å². The molecule has 3 aromatic heterocycles. The van der Waals surface area contributed by atoms with Crippen molar-refractivity contribution < 1.29 is 14.3 Å². The maximum Gasteiger partial charge on any atom is 0.254 e. The highest BCUT2D eigenvalue weighted by molar-refractivity contribution is 6.01. The molecule has 3 fully saturated rings. The summed E-state index contributed by atoms with van der Waals surface area (Å²) in [6.07, 6.45) is 4.45. The Bertz CT molecular complexity index is 2070. The minimum atomic E-state index is -0.0364. The van der Waals surface area contributed by atoms with Crippen LogP contribution in [0.5, 0.6) is 5.75 Å². The maximum atomic E-state index is 13.7. The van der Waals surface area contributed by atoms with Gasteiger partial charge in [-0.1, -0.05) is 12.1 Å². The number of imidazole rings is 1. The normalized spacial score (nSPS) is 22.1. The lowest BCUT2D eigenvalue weighted by Gasteiger charge is -2.27. The van der Waals surface area contributed by atoms with Crippen LogP contribution in [0.2, 0.25) is 0 Å². The Morgan fingerprint density at radius 3 is 2.67 bits per heavy atom. The smallest absolute Gasteiger partial charge is 0.254 e. The molecule has 5 aromatic rings. The van der Waals surface area contributed by atoms with Crippen molar-refractivity contribution in [1.82, 2.24) is 29.3 Å². The first-order valence-electron chi connectivity index (χ1n) is 15.9. The molecule has 0 radical (unpaired) electrons. The summed E-state index contributed by atoms with van der Waals surface area (Å²) in [5.41, 5.74) is 14.0. The monoisotopic (exact) mass is 601 g/mol. The van der Waals surface area contributed by atoms with E-state index < -0.39 is 0 Å². The largest absolute Gasteiger partial charge is 0.494 e. The van der Waals surface area contributed by atoms with E-state index in [0.717, 1.165) is 75.4 Å². The van der Waals surface area contributed by atoms with Crippen LogP contribution >= 0.6 is 0 Å². The Hall–Kier alpha value is -4.70. The molecule has 228 valence electrons. The topological polar surface area (TPSA) is 120 Å². The number of piperidine rings is 1. The van der Waals surface area contributed by atoms with Crippen LogP contribution in [0.15, 0.2) is 48.5 Å². The summed E-state index contributed by atoms with van der Waals surface area (Å²) in [4.78, 5) is 38.4. The van der Waals surface area contributed by atoms with Gasteiger partial charge in [-0.05, 0) is 79.5 Å². The second kappa shape index (κ2) is 9.65. The number of amides is 2. The van der Waals surface area contributed by atoms with Crippen LogP contribution in [0, 0.1) is 11.8 Å². The first kappa shape index (κ1) is 26.7. The third-order valence-corrected chi connectivity index (χ3v) is 10.5. The molecule has 9 rings (SSSR count). The number of aryl methyl sites for hydroxylation is 1. The van der Waals surface area contributed by atoms with Gasteiger partial charge in [0.1, 0.15) is 16.9 Å². The predicted molar refractivity (Wildman–Crippen MR) is 171 cm³/mol. The van der Waals surface area contributed by atoms with Crippen LogP contribution in [0.1, 0.15) is 52.0 Å². The fourth-order valence-electron chi connectivity index (χ4n) is 7.97. The van der Waals surface area contributed by atoms with Crippen molar-refractivity contribution in [1.29, 1.82) is 0 Å². The molecule has 10 heteroatoms. The summed E-state index contributed by atoms with van der Waals surface area (Å²) in [5, 5.41) is 3.98. The fraction of sp³-hybridized carbons (Fsp3) is 0.371. The molecule has 3 unspecified atom stereocenters. The lowest BCUT2D eigenvalue weighted by molar-refractivity contribution is 0.0700. The molecule has 2 aliphatic heterocycles. The standard InChI is InChI=1S/C35H35N7O3/c1-40-31-26(12-21(14-29(31)45-2)35(44)42-17-20-9-11-27(42)30(20)36)39-33(40)28-13-19-8-10-25(38-32(19)41(28)16-18-6-7-18)22-4-3-5-23-24(22)15-37-34(23)43/h3-5,8,10,12-14,18,20,27,30H,6-7,9,11,15-17,36H2,1-2H3,(H,37,43). The van der Waals surface area contributed by atoms with E-state index in [0.29, 0.717) is 36.2 Å². The van der Waals surface area contributed by atoms with Crippen LogP contribution < -0.4 is 15.8 Å². The number of carbonyl (C=O) groups excluding carboxylic acids is 2. The van der Waals surface area contributed by atoms with Crippen molar-refractivity contribution in [3.63, 3.8) is 0 Å². The number of nitrogens with zero attached hydrogens (tertiary/aromatic N) is 5. The molecule has 45 heavy (non-hydrogen) atoms. The van der Waals surface area contributed by atoms with Crippen molar-refractivity contribution in [2.24, 2.45) is 24.6 Å². The number of carbonyl (C=O) groups is 2. The van der Waals surface area contributed by atoms with E-state index in [9.17, 15) is 9.59 Å². The number of ether oxygens (including phenoxy) is 1. The number of rotatable bonds is 6. The Kier molecular flexibility index (Phi) is 5.72. The fourth-order valence-corrected chi connectivity index (χ4v) is 7.97. The number of benzene rings is 2. The average molecular weight is 602 g/mol. The highest BCUT2D eigenvalue weighted by atomic mass is 16.5. The van der Waals surface area contributed by atoms with Crippen molar-refractivity contribution in [2.75, 3.05) is 13.7 Å². The second-order valence-corrected chi connectivity index (χ2v) is 13.2. The number of fused-ring (bicyclic) bond motifs is 5. The van der Waals surface area contributed by atoms with Gasteiger partial charge in [-0.15, -0.1) is 0 Å². The summed E-state index contributed by atoms with van der Waals surface area (Å²) in [6, 6.07) is 16.1. The third-order valence-electron chi connectivity index (χ3n) is 10.5. The highest BCUT2D eigenvalue weighted by Crippen LogP contribution is 2.40. The number of likely N-dealkylation sites (tertiary alicyclic amines) is 1. The maximum absolute atomic E-state index is 13.7. The lowest BCUT2D eigenvalue weighted by Crippen LogP contribution is -2.41. The summed E-state index contributed by atoms with van der Waals surface area (Å²) < 4.78 is 10.2. The van der Waals surface area contributed by atoms with E-state index in [-0.39, 0.29) is 23.9 Å². The lowest BCUT2D eigenvalue weighted by atomic mass is 10.0. The molecule has 2 amide bonds. The number of nitrogens with two attached hydrogens (primary N) is 1. The van der Waals surface area contributed by atoms with Crippen LogP contribution in [0.25, 0.3) is 44.8 Å². The Morgan fingerprint density at radius 1 is 1.07 bits per heavy atom. The van der Waals surface area contributed by atoms with Gasteiger partial charge in [-0.25, -0.2) is 9.97 Å². The molecule has 10 nitrogen and oxygen atoms in total. The van der Waals surface area contributed by atoms with Gasteiger partial charge in [0.15, 0.2) is 5.82 Å². The molecule has 3 atom stereocenters. The number of nitrogens with one attached hydrogen (secondary N) is 1. The summed E-state index contributed by atoms with van der Waals surface area (Å²) >= 11 is 0.